The van der Waals surface area contributed by atoms with E-state index in [1.807, 2.05) is 39.2 Å². The van der Waals surface area contributed by atoms with Crippen LogP contribution in [-0.4, -0.2) is 33.9 Å². The number of benzene rings is 5. The topological polar surface area (TPSA) is 64.7 Å². The lowest BCUT2D eigenvalue weighted by molar-refractivity contribution is 0.660. The van der Waals surface area contributed by atoms with E-state index in [0.717, 1.165) is 77.0 Å². The Bertz CT molecular complexity index is 3310. The van der Waals surface area contributed by atoms with Crippen molar-refractivity contribution in [1.82, 2.24) is 19.9 Å². The molecule has 10 rings (SSSR count). The summed E-state index contributed by atoms with van der Waals surface area (Å²) in [4.78, 5) is 20.0. The number of hydrogen-bond acceptors (Lipinski definition) is 6. The summed E-state index contributed by atoms with van der Waals surface area (Å²) >= 11 is 1.79. The summed E-state index contributed by atoms with van der Waals surface area (Å²) in [6.07, 6.45) is 10.5. The number of nitrogens with zero attached hydrogens (tertiary/aromatic N) is 4. The Morgan fingerprint density at radius 3 is 2.31 bits per heavy atom. The average molecular weight is 820 g/mol. The molecule has 4 heterocycles. The molecule has 5 nitrogen and oxygen atoms in total. The predicted octanol–water partition coefficient (Wildman–Crippen LogP) is 14.4. The van der Waals surface area contributed by atoms with E-state index in [9.17, 15) is 0 Å². The first kappa shape index (κ1) is 39.5. The second kappa shape index (κ2) is 15.7. The number of furan rings is 1. The normalized spacial score (nSPS) is 15.0. The Morgan fingerprint density at radius 1 is 0.774 bits per heavy atom. The van der Waals surface area contributed by atoms with Gasteiger partial charge in [0.1, 0.15) is 23.5 Å². The van der Waals surface area contributed by atoms with E-state index in [-0.39, 0.29) is 5.41 Å². The molecule has 3 aromatic heterocycles. The molecule has 0 spiro atoms. The van der Waals surface area contributed by atoms with Gasteiger partial charge in [0.2, 0.25) is 0 Å². The highest BCUT2D eigenvalue weighted by Crippen LogP contribution is 2.54. The molecule has 0 amide bonds. The molecular formula is C54H45B2N4OS. The lowest BCUT2D eigenvalue weighted by Gasteiger charge is -2.22. The summed E-state index contributed by atoms with van der Waals surface area (Å²) in [5, 5.41) is 3.22. The Balaban J connectivity index is 1.04. The fourth-order valence-corrected chi connectivity index (χ4v) is 10.1. The van der Waals surface area contributed by atoms with Crippen molar-refractivity contribution in [3.05, 3.63) is 180 Å². The second-order valence-electron chi connectivity index (χ2n) is 16.9. The fourth-order valence-electron chi connectivity index (χ4n) is 9.01. The zero-order valence-corrected chi connectivity index (χ0v) is 36.9. The number of allylic oxidation sites excluding steroid dienone is 9. The van der Waals surface area contributed by atoms with Crippen molar-refractivity contribution in [2.45, 2.75) is 53.7 Å². The van der Waals surface area contributed by atoms with E-state index >= 15 is 0 Å². The van der Waals surface area contributed by atoms with Crippen LogP contribution >= 0.6 is 11.3 Å². The number of thiazole rings is 1. The van der Waals surface area contributed by atoms with Crippen LogP contribution in [0, 0.1) is 0 Å². The van der Waals surface area contributed by atoms with Gasteiger partial charge < -0.3 is 4.42 Å². The van der Waals surface area contributed by atoms with Crippen LogP contribution in [0.2, 0.25) is 13.6 Å². The van der Waals surface area contributed by atoms with Gasteiger partial charge in [0.25, 0.3) is 0 Å². The van der Waals surface area contributed by atoms with Crippen molar-refractivity contribution in [3.8, 4) is 32.8 Å². The van der Waals surface area contributed by atoms with E-state index in [4.69, 9.17) is 24.4 Å². The standard InChI is InChI=1S/C54H45B2N4OS/c1-8-34(29-33(3)51-58-50(32(2)15-14-27-55-6)59-52(60-51)37-26-28-56(7)31-37)38-18-12-20-40-41-21-13-19-39(48(41)61-47(38)40)36-22-23-42-44(30-36)54(4,5)43-24-25-45-49(46(42)43)62-53(57-45)35-16-10-9-11-17-35/h8-31H,1-7H3/b27-14-,32-15+,33-29+,34-8+. The van der Waals surface area contributed by atoms with E-state index in [1.165, 1.54) is 27.0 Å². The van der Waals surface area contributed by atoms with Gasteiger partial charge in [0.05, 0.1) is 10.2 Å². The van der Waals surface area contributed by atoms with Gasteiger partial charge in [-0.3, -0.25) is 0 Å². The summed E-state index contributed by atoms with van der Waals surface area (Å²) < 4.78 is 8.27. The maximum Gasteiger partial charge on any atom is 0.189 e. The van der Waals surface area contributed by atoms with Crippen LogP contribution in [0.4, 0.5) is 0 Å². The molecule has 5 aromatic carbocycles. The molecule has 2 aliphatic rings. The van der Waals surface area contributed by atoms with Crippen LogP contribution in [0.3, 0.4) is 0 Å². The Hall–Kier alpha value is -6.63. The van der Waals surface area contributed by atoms with Gasteiger partial charge in [-0.1, -0.05) is 143 Å². The van der Waals surface area contributed by atoms with Crippen LogP contribution < -0.4 is 0 Å². The van der Waals surface area contributed by atoms with Gasteiger partial charge >= 0.3 is 0 Å². The van der Waals surface area contributed by atoms with Gasteiger partial charge in [0, 0.05) is 44.0 Å². The molecular weight excluding hydrogens is 774 g/mol. The van der Waals surface area contributed by atoms with Crippen LogP contribution in [-0.2, 0) is 5.41 Å². The first-order valence-electron chi connectivity index (χ1n) is 21.4. The molecule has 62 heavy (non-hydrogen) atoms. The van der Waals surface area contributed by atoms with Crippen molar-refractivity contribution in [3.63, 3.8) is 0 Å². The highest BCUT2D eigenvalue weighted by Gasteiger charge is 2.37. The summed E-state index contributed by atoms with van der Waals surface area (Å²) in [6, 6.07) is 34.9. The van der Waals surface area contributed by atoms with Crippen molar-refractivity contribution in [1.29, 1.82) is 0 Å². The zero-order valence-electron chi connectivity index (χ0n) is 36.1. The zero-order chi connectivity index (χ0) is 42.7. The highest BCUT2D eigenvalue weighted by molar-refractivity contribution is 7.22. The van der Waals surface area contributed by atoms with Crippen LogP contribution in [0.1, 0.15) is 68.8 Å². The Kier molecular flexibility index (Phi) is 9.99. The summed E-state index contributed by atoms with van der Waals surface area (Å²) in [5.74, 6) is 8.37. The van der Waals surface area contributed by atoms with Crippen LogP contribution in [0.15, 0.2) is 150 Å². The molecule has 1 aliphatic heterocycles. The van der Waals surface area contributed by atoms with Crippen molar-refractivity contribution < 1.29 is 4.42 Å². The average Bonchev–Trinajstić information content (AvgIpc) is 4.08. The first-order chi connectivity index (χ1) is 30.1. The fraction of sp³-hybridized carbons (Fsp3) is 0.148. The maximum absolute atomic E-state index is 7.02. The lowest BCUT2D eigenvalue weighted by Crippen LogP contribution is -2.14. The SMILES string of the molecule is C[B]/C=C\C=C(/C)c1nc(C2=CB(C)C=C2)nc(/C(C)=C/C(=C\C)c2cccc3c2oc2c(-c4ccc5c(c4)C(C)(C)c4ccc6nc(-c7ccccc7)sc6c4-5)cccc23)n1. The van der Waals surface area contributed by atoms with Gasteiger partial charge in [-0.2, -0.15) is 0 Å². The molecule has 0 unspecified atom stereocenters. The van der Waals surface area contributed by atoms with Crippen molar-refractivity contribution in [2.24, 2.45) is 0 Å². The number of hydrogen-bond donors (Lipinski definition) is 0. The molecule has 0 fully saturated rings. The Labute approximate surface area is 368 Å². The highest BCUT2D eigenvalue weighted by atomic mass is 32.1. The third-order valence-corrected chi connectivity index (χ3v) is 13.5. The molecule has 299 valence electrons. The van der Waals surface area contributed by atoms with Crippen LogP contribution in [0.5, 0.6) is 0 Å². The van der Waals surface area contributed by atoms with E-state index in [0.29, 0.717) is 24.2 Å². The molecule has 1 radical (unpaired) electrons. The van der Waals surface area contributed by atoms with Crippen molar-refractivity contribution in [2.75, 3.05) is 0 Å². The predicted molar refractivity (Wildman–Crippen MR) is 266 cm³/mol. The number of aromatic nitrogens is 4. The molecule has 0 N–H and O–H groups in total. The van der Waals surface area contributed by atoms with Crippen molar-refractivity contribution >= 4 is 79.8 Å². The molecule has 8 heteroatoms. The lowest BCUT2D eigenvalue weighted by atomic mass is 9.54. The molecule has 0 saturated heterocycles. The number of fused-ring (bicyclic) bond motifs is 8. The van der Waals surface area contributed by atoms with Crippen LogP contribution in [0.25, 0.3) is 87.3 Å². The smallest absolute Gasteiger partial charge is 0.189 e. The van der Waals surface area contributed by atoms with E-state index in [1.54, 1.807) is 11.3 Å². The monoisotopic (exact) mass is 819 g/mol. The summed E-state index contributed by atoms with van der Waals surface area (Å²) in [5.41, 5.74) is 16.2. The van der Waals surface area contributed by atoms with E-state index < -0.39 is 0 Å². The van der Waals surface area contributed by atoms with Gasteiger partial charge in [-0.25, -0.2) is 19.9 Å². The van der Waals surface area contributed by atoms with Gasteiger partial charge in [-0.05, 0) is 78.0 Å². The molecule has 1 aliphatic carbocycles. The largest absolute Gasteiger partial charge is 0.455 e. The third-order valence-electron chi connectivity index (χ3n) is 12.3. The molecule has 0 bridgehead atoms. The van der Waals surface area contributed by atoms with E-state index in [2.05, 4.69) is 162 Å². The number of para-hydroxylation sites is 2. The quantitative estimate of drug-likeness (QED) is 0.107. The summed E-state index contributed by atoms with van der Waals surface area (Å²) in [6.45, 7) is 15.4. The first-order valence-corrected chi connectivity index (χ1v) is 22.2. The second-order valence-corrected chi connectivity index (χ2v) is 17.9. The minimum atomic E-state index is -0.186. The molecule has 8 aromatic rings. The van der Waals surface area contributed by atoms with Gasteiger partial charge in [0.15, 0.2) is 24.2 Å². The minimum Gasteiger partial charge on any atom is -0.455 e. The third kappa shape index (κ3) is 6.74. The summed E-state index contributed by atoms with van der Waals surface area (Å²) in [7, 11) is 2.01. The molecule has 0 atom stereocenters. The number of rotatable bonds is 9. The molecule has 0 saturated carbocycles. The minimum absolute atomic E-state index is 0.186. The van der Waals surface area contributed by atoms with Gasteiger partial charge in [-0.15, -0.1) is 23.3 Å². The Morgan fingerprint density at radius 2 is 1.55 bits per heavy atom. The maximum atomic E-state index is 7.02.